The lowest BCUT2D eigenvalue weighted by molar-refractivity contribution is 0.701. The van der Waals surface area contributed by atoms with E-state index in [2.05, 4.69) is 36.9 Å². The number of anilines is 1. The highest BCUT2D eigenvalue weighted by Gasteiger charge is 2.08. The molecule has 1 N–H and O–H groups in total. The van der Waals surface area contributed by atoms with Gasteiger partial charge >= 0.3 is 0 Å². The summed E-state index contributed by atoms with van der Waals surface area (Å²) < 4.78 is 3.94. The van der Waals surface area contributed by atoms with Gasteiger partial charge < -0.3 is 9.88 Å². The van der Waals surface area contributed by atoms with Crippen molar-refractivity contribution in [2.45, 2.75) is 26.3 Å². The van der Waals surface area contributed by atoms with Crippen molar-refractivity contribution < 1.29 is 0 Å². The van der Waals surface area contributed by atoms with Gasteiger partial charge in [-0.05, 0) is 18.4 Å². The van der Waals surface area contributed by atoms with Gasteiger partial charge in [-0.25, -0.2) is 15.0 Å². The number of nitrogens with zero attached hydrogens (tertiary/aromatic N) is 6. The molecule has 0 bridgehead atoms. The third kappa shape index (κ3) is 3.74. The first kappa shape index (κ1) is 15.2. The Hall–Kier alpha value is -2.70. The summed E-state index contributed by atoms with van der Waals surface area (Å²) in [7, 11) is 1.93. The fourth-order valence-corrected chi connectivity index (χ4v) is 2.37. The van der Waals surface area contributed by atoms with Crippen molar-refractivity contribution in [1.82, 2.24) is 29.3 Å². The van der Waals surface area contributed by atoms with Crippen LogP contribution in [0, 0.1) is 0 Å². The van der Waals surface area contributed by atoms with E-state index in [-0.39, 0.29) is 0 Å². The second kappa shape index (κ2) is 7.04. The molecule has 0 aliphatic heterocycles. The van der Waals surface area contributed by atoms with Gasteiger partial charge in [0.05, 0.1) is 11.8 Å². The fourth-order valence-electron chi connectivity index (χ4n) is 2.37. The van der Waals surface area contributed by atoms with E-state index in [1.54, 1.807) is 0 Å². The highest BCUT2D eigenvalue weighted by Crippen LogP contribution is 2.17. The van der Waals surface area contributed by atoms with Crippen molar-refractivity contribution in [2.75, 3.05) is 11.9 Å². The molecule has 0 atom stereocenters. The summed E-state index contributed by atoms with van der Waals surface area (Å²) >= 11 is 0. The zero-order valence-electron chi connectivity index (χ0n) is 13.5. The van der Waals surface area contributed by atoms with E-state index in [4.69, 9.17) is 0 Å². The van der Waals surface area contributed by atoms with Gasteiger partial charge in [-0.2, -0.15) is 5.10 Å². The Labute approximate surface area is 135 Å². The molecule has 3 aromatic heterocycles. The largest absolute Gasteiger partial charge is 0.354 e. The number of rotatable bonds is 7. The van der Waals surface area contributed by atoms with Crippen molar-refractivity contribution in [3.8, 4) is 11.4 Å². The minimum absolute atomic E-state index is 0.657. The Morgan fingerprint density at radius 3 is 2.65 bits per heavy atom. The number of aryl methyl sites for hydroxylation is 3. The van der Waals surface area contributed by atoms with Crippen LogP contribution in [0.25, 0.3) is 11.4 Å². The van der Waals surface area contributed by atoms with Gasteiger partial charge in [0.1, 0.15) is 5.82 Å². The molecular weight excluding hydrogens is 290 g/mol. The molecule has 120 valence electrons. The summed E-state index contributed by atoms with van der Waals surface area (Å²) in [6.07, 6.45) is 13.3. The summed E-state index contributed by atoms with van der Waals surface area (Å²) in [5, 5.41) is 7.37. The zero-order valence-corrected chi connectivity index (χ0v) is 13.5. The van der Waals surface area contributed by atoms with Crippen LogP contribution in [0.3, 0.4) is 0 Å². The first-order valence-electron chi connectivity index (χ1n) is 7.81. The molecule has 23 heavy (non-hydrogen) atoms. The van der Waals surface area contributed by atoms with Crippen molar-refractivity contribution >= 4 is 5.95 Å². The van der Waals surface area contributed by atoms with Crippen molar-refractivity contribution in [3.05, 3.63) is 42.7 Å². The average Bonchev–Trinajstić information content (AvgIpc) is 3.20. The van der Waals surface area contributed by atoms with Gasteiger partial charge in [-0.15, -0.1) is 0 Å². The van der Waals surface area contributed by atoms with E-state index in [1.807, 2.05) is 48.9 Å². The molecule has 0 aliphatic carbocycles. The minimum atomic E-state index is 0.657. The van der Waals surface area contributed by atoms with Crippen LogP contribution >= 0.6 is 0 Å². The first-order valence-corrected chi connectivity index (χ1v) is 7.81. The standard InChI is InChI=1S/C16H21N7/c1-3-5-18-16-19-10-14(11-20-16)15-17-6-8-23(15)7-4-13-9-21-22(2)12-13/h6,8-12H,3-5,7H2,1-2H3,(H,18,19,20). The molecule has 0 saturated heterocycles. The Morgan fingerprint density at radius 1 is 1.13 bits per heavy atom. The Bertz CT molecular complexity index is 742. The monoisotopic (exact) mass is 311 g/mol. The summed E-state index contributed by atoms with van der Waals surface area (Å²) in [4.78, 5) is 13.1. The number of nitrogens with one attached hydrogen (secondary N) is 1. The normalized spacial score (nSPS) is 10.9. The fraction of sp³-hybridized carbons (Fsp3) is 0.375. The number of hydrogen-bond donors (Lipinski definition) is 1. The second-order valence-corrected chi connectivity index (χ2v) is 5.44. The molecule has 0 aliphatic rings. The molecule has 7 heteroatoms. The molecule has 0 aromatic carbocycles. The van der Waals surface area contributed by atoms with Crippen LogP contribution in [-0.2, 0) is 20.0 Å². The molecule has 3 rings (SSSR count). The van der Waals surface area contributed by atoms with Gasteiger partial charge in [-0.3, -0.25) is 4.68 Å². The maximum atomic E-state index is 4.44. The van der Waals surface area contributed by atoms with Crippen molar-refractivity contribution in [1.29, 1.82) is 0 Å². The smallest absolute Gasteiger partial charge is 0.222 e. The van der Waals surface area contributed by atoms with E-state index in [9.17, 15) is 0 Å². The maximum Gasteiger partial charge on any atom is 0.222 e. The molecule has 0 radical (unpaired) electrons. The van der Waals surface area contributed by atoms with E-state index in [0.717, 1.165) is 37.3 Å². The van der Waals surface area contributed by atoms with Crippen molar-refractivity contribution in [3.63, 3.8) is 0 Å². The van der Waals surface area contributed by atoms with E-state index >= 15 is 0 Å². The Kier molecular flexibility index (Phi) is 4.65. The summed E-state index contributed by atoms with van der Waals surface area (Å²) in [5.41, 5.74) is 2.13. The Morgan fingerprint density at radius 2 is 1.96 bits per heavy atom. The molecule has 0 amide bonds. The predicted molar refractivity (Wildman–Crippen MR) is 88.9 cm³/mol. The van der Waals surface area contributed by atoms with Crippen LogP contribution < -0.4 is 5.32 Å². The quantitative estimate of drug-likeness (QED) is 0.723. The van der Waals surface area contributed by atoms with Crippen LogP contribution in [0.1, 0.15) is 18.9 Å². The third-order valence-corrected chi connectivity index (χ3v) is 3.56. The van der Waals surface area contributed by atoms with E-state index in [0.29, 0.717) is 5.95 Å². The molecule has 0 saturated carbocycles. The molecule has 0 fully saturated rings. The lowest BCUT2D eigenvalue weighted by Gasteiger charge is -2.07. The maximum absolute atomic E-state index is 4.44. The summed E-state index contributed by atoms with van der Waals surface area (Å²) in [5.74, 6) is 1.54. The molecular formula is C16H21N7. The van der Waals surface area contributed by atoms with Crippen LogP contribution in [0.15, 0.2) is 37.2 Å². The Balaban J connectivity index is 1.70. The summed E-state index contributed by atoms with van der Waals surface area (Å²) in [6, 6.07) is 0. The zero-order chi connectivity index (χ0) is 16.1. The topological polar surface area (TPSA) is 73.5 Å². The number of hydrogen-bond acceptors (Lipinski definition) is 5. The van der Waals surface area contributed by atoms with Gasteiger partial charge in [-0.1, -0.05) is 6.92 Å². The van der Waals surface area contributed by atoms with Crippen LogP contribution in [-0.4, -0.2) is 35.8 Å². The highest BCUT2D eigenvalue weighted by atomic mass is 15.2. The van der Waals surface area contributed by atoms with Gasteiger partial charge in [0.15, 0.2) is 0 Å². The van der Waals surface area contributed by atoms with E-state index in [1.165, 1.54) is 5.56 Å². The lowest BCUT2D eigenvalue weighted by Crippen LogP contribution is -2.05. The molecule has 0 unspecified atom stereocenters. The van der Waals surface area contributed by atoms with Gasteiger partial charge in [0.2, 0.25) is 5.95 Å². The second-order valence-electron chi connectivity index (χ2n) is 5.44. The SMILES string of the molecule is CCCNc1ncc(-c2nccn2CCc2cnn(C)c2)cn1. The minimum Gasteiger partial charge on any atom is -0.354 e. The van der Waals surface area contributed by atoms with Crippen LogP contribution in [0.2, 0.25) is 0 Å². The van der Waals surface area contributed by atoms with Gasteiger partial charge in [0, 0.05) is 51.1 Å². The highest BCUT2D eigenvalue weighted by molar-refractivity contribution is 5.53. The summed E-state index contributed by atoms with van der Waals surface area (Å²) in [6.45, 7) is 3.83. The van der Waals surface area contributed by atoms with Crippen molar-refractivity contribution in [2.24, 2.45) is 7.05 Å². The van der Waals surface area contributed by atoms with Crippen LogP contribution in [0.4, 0.5) is 5.95 Å². The first-order chi connectivity index (χ1) is 11.3. The van der Waals surface area contributed by atoms with Gasteiger partial charge in [0.25, 0.3) is 0 Å². The molecule has 3 aromatic rings. The average molecular weight is 311 g/mol. The number of imidazole rings is 1. The predicted octanol–water partition coefficient (Wildman–Crippen LogP) is 2.14. The third-order valence-electron chi connectivity index (χ3n) is 3.56. The van der Waals surface area contributed by atoms with Crippen LogP contribution in [0.5, 0.6) is 0 Å². The number of aromatic nitrogens is 6. The molecule has 3 heterocycles. The molecule has 7 nitrogen and oxygen atoms in total. The molecule has 0 spiro atoms. The van der Waals surface area contributed by atoms with E-state index < -0.39 is 0 Å². The lowest BCUT2D eigenvalue weighted by atomic mass is 10.2.